The van der Waals surface area contributed by atoms with Gasteiger partial charge in [0.15, 0.2) is 4.34 Å². The van der Waals surface area contributed by atoms with Gasteiger partial charge in [-0.3, -0.25) is 0 Å². The molecule has 0 saturated carbocycles. The summed E-state index contributed by atoms with van der Waals surface area (Å²) in [6, 6.07) is 0. The van der Waals surface area contributed by atoms with Crippen LogP contribution in [0.2, 0.25) is 0 Å². The number of aromatic nitrogens is 2. The van der Waals surface area contributed by atoms with Gasteiger partial charge in [-0.15, -0.1) is 10.2 Å². The first kappa shape index (κ1) is 5.53. The predicted molar refractivity (Wildman–Crippen MR) is 34.7 cm³/mol. The highest BCUT2D eigenvalue weighted by Gasteiger charge is 1.89. The minimum Gasteiger partial charge on any atom is -0.146 e. The van der Waals surface area contributed by atoms with Gasteiger partial charge in [-0.25, -0.2) is 0 Å². The molecule has 0 aliphatic rings. The van der Waals surface area contributed by atoms with Crippen LogP contribution in [0.3, 0.4) is 0 Å². The zero-order chi connectivity index (χ0) is 5.11. The molecule has 1 rings (SSSR count). The summed E-state index contributed by atoms with van der Waals surface area (Å²) in [5.41, 5.74) is 1.70. The topological polar surface area (TPSA) is 25.8 Å². The molecule has 0 radical (unpaired) electrons. The van der Waals surface area contributed by atoms with Gasteiger partial charge in [0.2, 0.25) is 0 Å². The molecule has 0 aliphatic heterocycles. The van der Waals surface area contributed by atoms with E-state index in [2.05, 4.69) is 25.0 Å². The quantitative estimate of drug-likeness (QED) is 0.687. The third-order valence-electron chi connectivity index (χ3n) is 0.406. The Bertz CT molecular complexity index is 128. The lowest BCUT2D eigenvalue weighted by molar-refractivity contribution is 1.01. The van der Waals surface area contributed by atoms with Crippen LogP contribution in [0.1, 0.15) is 0 Å². The standard InChI is InChI=1S/C2HBrN2S2/c3-7-2-5-4-1-6-2/h1H. The first-order valence-electron chi connectivity index (χ1n) is 1.48. The van der Waals surface area contributed by atoms with Gasteiger partial charge in [-0.1, -0.05) is 11.3 Å². The van der Waals surface area contributed by atoms with Crippen molar-refractivity contribution in [1.82, 2.24) is 10.2 Å². The summed E-state index contributed by atoms with van der Waals surface area (Å²) >= 11 is 4.68. The third-order valence-corrected chi connectivity index (χ3v) is 3.20. The highest BCUT2D eigenvalue weighted by molar-refractivity contribution is 9.50. The second-order valence-corrected chi connectivity index (χ2v) is 3.39. The average molecular weight is 197 g/mol. The lowest BCUT2D eigenvalue weighted by Crippen LogP contribution is -1.61. The van der Waals surface area contributed by atoms with Crippen LogP contribution >= 0.6 is 36.3 Å². The van der Waals surface area contributed by atoms with Gasteiger partial charge < -0.3 is 0 Å². The van der Waals surface area contributed by atoms with Crippen molar-refractivity contribution in [3.8, 4) is 0 Å². The maximum Gasteiger partial charge on any atom is 0.185 e. The maximum atomic E-state index is 3.72. The minimum absolute atomic E-state index is 0.944. The second kappa shape index (κ2) is 2.64. The molecule has 5 heteroatoms. The summed E-state index contributed by atoms with van der Waals surface area (Å²) in [6.07, 6.45) is 0. The zero-order valence-corrected chi connectivity index (χ0v) is 6.39. The van der Waals surface area contributed by atoms with Gasteiger partial charge in [0, 0.05) is 0 Å². The fourth-order valence-electron chi connectivity index (χ4n) is 0.197. The number of halogens is 1. The molecule has 1 aromatic rings. The molecule has 2 nitrogen and oxygen atoms in total. The molecule has 0 aliphatic carbocycles. The van der Waals surface area contributed by atoms with E-state index < -0.39 is 0 Å². The van der Waals surface area contributed by atoms with Crippen molar-refractivity contribution < 1.29 is 0 Å². The Morgan fingerprint density at radius 1 is 1.86 bits per heavy atom. The van der Waals surface area contributed by atoms with Crippen LogP contribution in [-0.4, -0.2) is 10.2 Å². The molecule has 7 heavy (non-hydrogen) atoms. The van der Waals surface area contributed by atoms with Crippen molar-refractivity contribution >= 4 is 36.3 Å². The summed E-state index contributed by atoms with van der Waals surface area (Å²) in [7, 11) is 1.43. The maximum absolute atomic E-state index is 3.72. The summed E-state index contributed by atoms with van der Waals surface area (Å²) in [5, 5.41) is 7.33. The van der Waals surface area contributed by atoms with E-state index in [1.54, 1.807) is 5.51 Å². The van der Waals surface area contributed by atoms with Gasteiger partial charge in [-0.2, -0.15) is 0 Å². The van der Waals surface area contributed by atoms with Crippen LogP contribution in [0.5, 0.6) is 0 Å². The first-order valence-corrected chi connectivity index (χ1v) is 5.02. The molecule has 0 spiro atoms. The monoisotopic (exact) mass is 196 g/mol. The highest BCUT2D eigenvalue weighted by atomic mass is 79.9. The molecule has 0 amide bonds. The Kier molecular flexibility index (Phi) is 2.08. The van der Waals surface area contributed by atoms with Crippen LogP contribution < -0.4 is 0 Å². The Hall–Kier alpha value is 0.390. The summed E-state index contributed by atoms with van der Waals surface area (Å²) < 4.78 is 0.944. The van der Waals surface area contributed by atoms with Gasteiger partial charge in [-0.05, 0) is 25.0 Å². The van der Waals surface area contributed by atoms with Gasteiger partial charge in [0.05, 0.1) is 0 Å². The molecule has 0 saturated heterocycles. The van der Waals surface area contributed by atoms with E-state index in [1.807, 2.05) is 0 Å². The van der Waals surface area contributed by atoms with Crippen molar-refractivity contribution in [3.05, 3.63) is 5.51 Å². The Labute approximate surface area is 56.5 Å². The van der Waals surface area contributed by atoms with E-state index in [0.29, 0.717) is 0 Å². The molecule has 0 aromatic carbocycles. The van der Waals surface area contributed by atoms with Crippen LogP contribution in [0, 0.1) is 0 Å². The fraction of sp³-hybridized carbons (Fsp3) is 0. The SMILES string of the molecule is BrSc1nncs1. The fourth-order valence-corrected chi connectivity index (χ4v) is 1.71. The largest absolute Gasteiger partial charge is 0.185 e. The molecule has 0 unspecified atom stereocenters. The molecule has 0 bridgehead atoms. The van der Waals surface area contributed by atoms with Crippen molar-refractivity contribution in [1.29, 1.82) is 0 Å². The molecule has 0 N–H and O–H groups in total. The Morgan fingerprint density at radius 2 is 2.71 bits per heavy atom. The number of hydrogen-bond donors (Lipinski definition) is 0. The van der Waals surface area contributed by atoms with Crippen molar-refractivity contribution in [3.63, 3.8) is 0 Å². The third kappa shape index (κ3) is 1.40. The number of nitrogens with zero attached hydrogens (tertiary/aromatic N) is 2. The van der Waals surface area contributed by atoms with Crippen molar-refractivity contribution in [2.24, 2.45) is 0 Å². The van der Waals surface area contributed by atoms with Gasteiger partial charge >= 0.3 is 0 Å². The van der Waals surface area contributed by atoms with Crippen molar-refractivity contribution in [2.45, 2.75) is 4.34 Å². The predicted octanol–water partition coefficient (Wildman–Crippen LogP) is 1.94. The van der Waals surface area contributed by atoms with Crippen LogP contribution in [0.4, 0.5) is 0 Å². The lowest BCUT2D eigenvalue weighted by Gasteiger charge is -1.71. The van der Waals surface area contributed by atoms with Crippen molar-refractivity contribution in [2.75, 3.05) is 0 Å². The minimum atomic E-state index is 0.944. The van der Waals surface area contributed by atoms with Crippen LogP contribution in [-0.2, 0) is 0 Å². The van der Waals surface area contributed by atoms with E-state index in [1.165, 1.54) is 21.5 Å². The number of rotatable bonds is 1. The second-order valence-electron chi connectivity index (χ2n) is 0.782. The normalized spacial score (nSPS) is 9.29. The molecule has 1 heterocycles. The van der Waals surface area contributed by atoms with Gasteiger partial charge in [0.25, 0.3) is 0 Å². The van der Waals surface area contributed by atoms with Crippen LogP contribution in [0.25, 0.3) is 0 Å². The Balaban J connectivity index is 2.76. The van der Waals surface area contributed by atoms with Gasteiger partial charge in [0.1, 0.15) is 5.51 Å². The average Bonchev–Trinajstić information content (AvgIpc) is 2.14. The molecule has 38 valence electrons. The zero-order valence-electron chi connectivity index (χ0n) is 3.17. The van der Waals surface area contributed by atoms with Crippen LogP contribution in [0.15, 0.2) is 9.85 Å². The molecule has 0 atom stereocenters. The van der Waals surface area contributed by atoms with E-state index in [4.69, 9.17) is 0 Å². The summed E-state index contributed by atoms with van der Waals surface area (Å²) in [6.45, 7) is 0. The summed E-state index contributed by atoms with van der Waals surface area (Å²) in [5.74, 6) is 0. The lowest BCUT2D eigenvalue weighted by atomic mass is 11.6. The smallest absolute Gasteiger partial charge is 0.146 e. The number of hydrogen-bond acceptors (Lipinski definition) is 4. The molecule has 0 fully saturated rings. The summed E-state index contributed by atoms with van der Waals surface area (Å²) in [4.78, 5) is 0. The highest BCUT2D eigenvalue weighted by Crippen LogP contribution is 2.24. The van der Waals surface area contributed by atoms with E-state index in [9.17, 15) is 0 Å². The molecular weight excluding hydrogens is 196 g/mol. The van der Waals surface area contributed by atoms with E-state index in [0.717, 1.165) is 4.34 Å². The van der Waals surface area contributed by atoms with E-state index >= 15 is 0 Å². The Morgan fingerprint density at radius 3 is 3.00 bits per heavy atom. The van der Waals surface area contributed by atoms with E-state index in [-0.39, 0.29) is 0 Å². The first-order chi connectivity index (χ1) is 3.43. The molecule has 1 aromatic heterocycles. The molecular formula is C2HBrN2S2.